The van der Waals surface area contributed by atoms with Crippen LogP contribution in [0.4, 0.5) is 4.79 Å². The molecule has 0 saturated carbocycles. The molecular weight excluding hydrogens is 306 g/mol. The summed E-state index contributed by atoms with van der Waals surface area (Å²) in [4.78, 5) is 23.0. The van der Waals surface area contributed by atoms with Gasteiger partial charge in [-0.2, -0.15) is 0 Å². The molecular formula is C18H29N3O3. The second-order valence-corrected chi connectivity index (χ2v) is 6.75. The van der Waals surface area contributed by atoms with Gasteiger partial charge in [-0.15, -0.1) is 0 Å². The van der Waals surface area contributed by atoms with Crippen molar-refractivity contribution in [2.75, 3.05) is 6.54 Å². The molecule has 6 nitrogen and oxygen atoms in total. The summed E-state index contributed by atoms with van der Waals surface area (Å²) in [5, 5.41) is 5.88. The second kappa shape index (κ2) is 9.93. The number of nitrogens with one attached hydrogen (secondary N) is 2. The first-order valence-electron chi connectivity index (χ1n) is 8.31. The Morgan fingerprint density at radius 2 is 1.83 bits per heavy atom. The molecule has 6 heteroatoms. The molecule has 0 aromatic heterocycles. The van der Waals surface area contributed by atoms with Crippen molar-refractivity contribution < 1.29 is 14.3 Å². The largest absolute Gasteiger partial charge is 0.444 e. The quantitative estimate of drug-likeness (QED) is 0.604. The van der Waals surface area contributed by atoms with Crippen molar-refractivity contribution in [3.8, 4) is 0 Å². The number of nitrogens with two attached hydrogens (primary N) is 1. The Hall–Kier alpha value is -2.08. The minimum absolute atomic E-state index is 0.356. The number of primary amides is 1. The van der Waals surface area contributed by atoms with Gasteiger partial charge >= 0.3 is 6.09 Å². The summed E-state index contributed by atoms with van der Waals surface area (Å²) in [6.45, 7) is 6.58. The summed E-state index contributed by atoms with van der Waals surface area (Å²) in [5.41, 5.74) is 6.05. The fourth-order valence-corrected chi connectivity index (χ4v) is 2.16. The number of unbranched alkanes of at least 4 members (excludes halogenated alkanes) is 1. The highest BCUT2D eigenvalue weighted by atomic mass is 16.6. The van der Waals surface area contributed by atoms with E-state index in [1.54, 1.807) is 0 Å². The maximum Gasteiger partial charge on any atom is 0.407 e. The number of carbonyl (C=O) groups is 2. The van der Waals surface area contributed by atoms with Crippen LogP contribution in [0.5, 0.6) is 0 Å². The van der Waals surface area contributed by atoms with Gasteiger partial charge in [0.1, 0.15) is 5.60 Å². The summed E-state index contributed by atoms with van der Waals surface area (Å²) < 4.78 is 5.15. The number of amides is 2. The Labute approximate surface area is 144 Å². The van der Waals surface area contributed by atoms with Crippen molar-refractivity contribution in [3.63, 3.8) is 0 Å². The molecule has 0 spiro atoms. The van der Waals surface area contributed by atoms with Gasteiger partial charge in [-0.25, -0.2) is 4.79 Å². The number of rotatable bonds is 9. The average molecular weight is 335 g/mol. The monoisotopic (exact) mass is 335 g/mol. The van der Waals surface area contributed by atoms with E-state index in [1.807, 2.05) is 51.1 Å². The standard InChI is InChI=1S/C18H29N3O3/c1-18(2,3)24-17(23)20-12-8-7-11-15(16(19)22)21-13-14-9-5-4-6-10-14/h4-6,9-10,15,21H,7-8,11-13H2,1-3H3,(H2,19,22)(H,20,23)/t15-/m0/s1. The van der Waals surface area contributed by atoms with Crippen molar-refractivity contribution in [1.82, 2.24) is 10.6 Å². The summed E-state index contributed by atoms with van der Waals surface area (Å²) in [7, 11) is 0. The van der Waals surface area contributed by atoms with Crippen LogP contribution in [-0.2, 0) is 16.1 Å². The summed E-state index contributed by atoms with van der Waals surface area (Å²) in [6, 6.07) is 9.49. The van der Waals surface area contributed by atoms with Gasteiger partial charge in [-0.1, -0.05) is 30.3 Å². The van der Waals surface area contributed by atoms with E-state index in [4.69, 9.17) is 10.5 Å². The molecule has 1 rings (SSSR count). The van der Waals surface area contributed by atoms with Crippen molar-refractivity contribution >= 4 is 12.0 Å². The van der Waals surface area contributed by atoms with Crippen LogP contribution < -0.4 is 16.4 Å². The maximum atomic E-state index is 11.5. The molecule has 0 fully saturated rings. The lowest BCUT2D eigenvalue weighted by Gasteiger charge is -2.19. The number of alkyl carbamates (subject to hydrolysis) is 1. The first kappa shape index (κ1) is 20.0. The second-order valence-electron chi connectivity index (χ2n) is 6.75. The molecule has 24 heavy (non-hydrogen) atoms. The van der Waals surface area contributed by atoms with E-state index in [2.05, 4.69) is 10.6 Å². The lowest BCUT2D eigenvalue weighted by Crippen LogP contribution is -2.41. The smallest absolute Gasteiger partial charge is 0.407 e. The molecule has 0 bridgehead atoms. The Bertz CT molecular complexity index is 512. The Morgan fingerprint density at radius 1 is 1.17 bits per heavy atom. The molecule has 0 aliphatic rings. The highest BCUT2D eigenvalue weighted by Gasteiger charge is 2.16. The van der Waals surface area contributed by atoms with E-state index in [0.29, 0.717) is 19.5 Å². The normalized spacial score (nSPS) is 12.5. The summed E-state index contributed by atoms with van der Waals surface area (Å²) >= 11 is 0. The van der Waals surface area contributed by atoms with Gasteiger partial charge in [-0.05, 0) is 45.6 Å². The van der Waals surface area contributed by atoms with Gasteiger partial charge in [0.15, 0.2) is 0 Å². The third-order valence-corrected chi connectivity index (χ3v) is 3.33. The van der Waals surface area contributed by atoms with E-state index in [0.717, 1.165) is 18.4 Å². The minimum Gasteiger partial charge on any atom is -0.444 e. The van der Waals surface area contributed by atoms with Crippen LogP contribution in [-0.4, -0.2) is 30.2 Å². The predicted molar refractivity (Wildman–Crippen MR) is 94.4 cm³/mol. The van der Waals surface area contributed by atoms with Crippen LogP contribution in [0.3, 0.4) is 0 Å². The molecule has 0 aliphatic heterocycles. The maximum absolute atomic E-state index is 11.5. The molecule has 0 radical (unpaired) electrons. The molecule has 1 aromatic carbocycles. The van der Waals surface area contributed by atoms with Crippen LogP contribution in [0.1, 0.15) is 45.6 Å². The minimum atomic E-state index is -0.498. The van der Waals surface area contributed by atoms with Crippen LogP contribution in [0.2, 0.25) is 0 Å². The SMILES string of the molecule is CC(C)(C)OC(=O)NCCCC[C@H](NCc1ccccc1)C(N)=O. The number of ether oxygens (including phenoxy) is 1. The molecule has 0 unspecified atom stereocenters. The van der Waals surface area contributed by atoms with E-state index >= 15 is 0 Å². The Morgan fingerprint density at radius 3 is 2.42 bits per heavy atom. The first-order chi connectivity index (χ1) is 11.3. The first-order valence-corrected chi connectivity index (χ1v) is 8.31. The van der Waals surface area contributed by atoms with E-state index in [9.17, 15) is 9.59 Å². The highest BCUT2D eigenvalue weighted by molar-refractivity contribution is 5.79. The lowest BCUT2D eigenvalue weighted by atomic mass is 10.1. The number of benzene rings is 1. The number of hydrogen-bond donors (Lipinski definition) is 3. The van der Waals surface area contributed by atoms with Gasteiger partial charge in [0.05, 0.1) is 6.04 Å². The van der Waals surface area contributed by atoms with Gasteiger partial charge in [0.2, 0.25) is 5.91 Å². The number of hydrogen-bond acceptors (Lipinski definition) is 4. The average Bonchev–Trinajstić information content (AvgIpc) is 2.48. The third kappa shape index (κ3) is 9.15. The van der Waals surface area contributed by atoms with Crippen molar-refractivity contribution in [2.45, 2.75) is 58.2 Å². The molecule has 2 amide bonds. The summed E-state index contributed by atoms with van der Waals surface area (Å²) in [6.07, 6.45) is 1.76. The fourth-order valence-electron chi connectivity index (χ4n) is 2.16. The predicted octanol–water partition coefficient (Wildman–Crippen LogP) is 2.33. The molecule has 4 N–H and O–H groups in total. The zero-order valence-corrected chi connectivity index (χ0v) is 14.8. The molecule has 1 atom stereocenters. The lowest BCUT2D eigenvalue weighted by molar-refractivity contribution is -0.120. The summed E-state index contributed by atoms with van der Waals surface area (Å²) in [5.74, 6) is -0.356. The van der Waals surface area contributed by atoms with Gasteiger partial charge in [-0.3, -0.25) is 4.79 Å². The van der Waals surface area contributed by atoms with E-state index in [-0.39, 0.29) is 11.9 Å². The fraction of sp³-hybridized carbons (Fsp3) is 0.556. The molecule has 0 saturated heterocycles. The van der Waals surface area contributed by atoms with Gasteiger partial charge in [0.25, 0.3) is 0 Å². The molecule has 0 aliphatic carbocycles. The Balaban J connectivity index is 2.22. The topological polar surface area (TPSA) is 93.4 Å². The van der Waals surface area contributed by atoms with Crippen LogP contribution >= 0.6 is 0 Å². The molecule has 134 valence electrons. The van der Waals surface area contributed by atoms with Crippen LogP contribution in [0, 0.1) is 0 Å². The van der Waals surface area contributed by atoms with Gasteiger partial charge in [0, 0.05) is 13.1 Å². The van der Waals surface area contributed by atoms with Crippen LogP contribution in [0.15, 0.2) is 30.3 Å². The number of carbonyl (C=O) groups excluding carboxylic acids is 2. The van der Waals surface area contributed by atoms with E-state index < -0.39 is 11.7 Å². The Kier molecular flexibility index (Phi) is 8.26. The van der Waals surface area contributed by atoms with Crippen molar-refractivity contribution in [2.24, 2.45) is 5.73 Å². The van der Waals surface area contributed by atoms with Crippen molar-refractivity contribution in [1.29, 1.82) is 0 Å². The van der Waals surface area contributed by atoms with E-state index in [1.165, 1.54) is 0 Å². The molecule has 0 heterocycles. The van der Waals surface area contributed by atoms with Gasteiger partial charge < -0.3 is 21.1 Å². The molecule has 1 aromatic rings. The third-order valence-electron chi connectivity index (χ3n) is 3.33. The zero-order chi connectivity index (χ0) is 18.0. The van der Waals surface area contributed by atoms with Crippen LogP contribution in [0.25, 0.3) is 0 Å². The highest BCUT2D eigenvalue weighted by Crippen LogP contribution is 2.07. The zero-order valence-electron chi connectivity index (χ0n) is 14.8. The van der Waals surface area contributed by atoms with Crippen molar-refractivity contribution in [3.05, 3.63) is 35.9 Å².